The van der Waals surface area contributed by atoms with Gasteiger partial charge in [0.25, 0.3) is 0 Å². The van der Waals surface area contributed by atoms with Crippen LogP contribution < -0.4 is 27.8 Å². The van der Waals surface area contributed by atoms with Crippen LogP contribution in [-0.2, 0) is 13.1 Å². The van der Waals surface area contributed by atoms with Crippen molar-refractivity contribution >= 4 is 11.9 Å². The van der Waals surface area contributed by atoms with Crippen LogP contribution in [0.3, 0.4) is 0 Å². The number of hydrogen-bond donors (Lipinski definition) is 5. The maximum absolute atomic E-state index is 5.59. The minimum atomic E-state index is -0.0818. The number of nitrogens with one attached hydrogen (secondary N) is 2. The van der Waals surface area contributed by atoms with Crippen LogP contribution in [0.25, 0.3) is 0 Å². The van der Waals surface area contributed by atoms with Crippen LogP contribution in [0.5, 0.6) is 0 Å². The molecule has 0 aromatic heterocycles. The van der Waals surface area contributed by atoms with Gasteiger partial charge in [-0.1, -0.05) is 43.5 Å². The molecule has 7 heteroatoms. The molecule has 2 rings (SSSR count). The van der Waals surface area contributed by atoms with Gasteiger partial charge in [0.05, 0.1) is 6.54 Å². The Bertz CT molecular complexity index is 570. The Kier molecular flexibility index (Phi) is 8.92. The van der Waals surface area contributed by atoms with Crippen LogP contribution in [0, 0.1) is 0 Å². The van der Waals surface area contributed by atoms with E-state index in [2.05, 4.69) is 32.8 Å². The molecule has 1 fully saturated rings. The van der Waals surface area contributed by atoms with E-state index in [1.807, 2.05) is 12.1 Å². The fraction of sp³-hybridized carbons (Fsp3) is 0.579. The van der Waals surface area contributed by atoms with E-state index in [4.69, 9.17) is 17.2 Å². The standard InChI is InChI=1S/C19H33N7/c20-18(21)26-19(22)25-14-16-9-7-15(8-10-16)13-23-11-4-12-24-17-5-2-1-3-6-17/h7-10,17,23-24H,1-6,11-14H2,(H6,20,21,22,25,26). The molecule has 1 aromatic carbocycles. The van der Waals surface area contributed by atoms with E-state index in [0.717, 1.165) is 37.7 Å². The summed E-state index contributed by atoms with van der Waals surface area (Å²) < 4.78 is 0. The fourth-order valence-corrected chi connectivity index (χ4v) is 3.16. The van der Waals surface area contributed by atoms with Crippen molar-refractivity contribution in [2.45, 2.75) is 57.7 Å². The van der Waals surface area contributed by atoms with E-state index in [-0.39, 0.29) is 11.9 Å². The first-order valence-electron chi connectivity index (χ1n) is 9.55. The predicted octanol–water partition coefficient (Wildman–Crippen LogP) is 1.18. The summed E-state index contributed by atoms with van der Waals surface area (Å²) in [7, 11) is 0. The molecule has 0 amide bonds. The number of rotatable bonds is 9. The normalized spacial score (nSPS) is 15.8. The minimum Gasteiger partial charge on any atom is -0.370 e. The van der Waals surface area contributed by atoms with E-state index in [9.17, 15) is 0 Å². The molecule has 0 heterocycles. The molecule has 8 N–H and O–H groups in total. The van der Waals surface area contributed by atoms with Gasteiger partial charge in [-0.25, -0.2) is 4.99 Å². The largest absolute Gasteiger partial charge is 0.370 e. The van der Waals surface area contributed by atoms with Crippen molar-refractivity contribution < 1.29 is 0 Å². The zero-order valence-electron chi connectivity index (χ0n) is 15.6. The van der Waals surface area contributed by atoms with Crippen molar-refractivity contribution in [1.82, 2.24) is 10.6 Å². The van der Waals surface area contributed by atoms with Gasteiger partial charge in [-0.05, 0) is 43.5 Å². The lowest BCUT2D eigenvalue weighted by Gasteiger charge is -2.22. The van der Waals surface area contributed by atoms with Gasteiger partial charge in [0.2, 0.25) is 5.96 Å². The first kappa shape index (κ1) is 20.2. The van der Waals surface area contributed by atoms with E-state index >= 15 is 0 Å². The lowest BCUT2D eigenvalue weighted by Crippen LogP contribution is -2.33. The highest BCUT2D eigenvalue weighted by Crippen LogP contribution is 2.17. The average molecular weight is 360 g/mol. The molecular weight excluding hydrogens is 326 g/mol. The summed E-state index contributed by atoms with van der Waals surface area (Å²) in [5.74, 6) is 0.0131. The molecular formula is C19H33N7. The van der Waals surface area contributed by atoms with Crippen LogP contribution in [0.2, 0.25) is 0 Å². The molecule has 0 unspecified atom stereocenters. The monoisotopic (exact) mass is 359 g/mol. The Morgan fingerprint density at radius 2 is 1.65 bits per heavy atom. The predicted molar refractivity (Wildman–Crippen MR) is 109 cm³/mol. The van der Waals surface area contributed by atoms with Crippen LogP contribution >= 0.6 is 0 Å². The quantitative estimate of drug-likeness (QED) is 0.257. The van der Waals surface area contributed by atoms with Crippen molar-refractivity contribution in [1.29, 1.82) is 0 Å². The number of hydrogen-bond acceptors (Lipinski definition) is 3. The zero-order valence-corrected chi connectivity index (χ0v) is 15.6. The molecule has 1 aliphatic carbocycles. The number of nitrogens with two attached hydrogens (primary N) is 3. The van der Waals surface area contributed by atoms with Crippen molar-refractivity contribution in [3.8, 4) is 0 Å². The average Bonchev–Trinajstić information content (AvgIpc) is 2.64. The summed E-state index contributed by atoms with van der Waals surface area (Å²) in [6, 6.07) is 9.06. The van der Waals surface area contributed by atoms with Gasteiger partial charge in [-0.3, -0.25) is 0 Å². The Morgan fingerprint density at radius 3 is 2.35 bits per heavy atom. The third kappa shape index (κ3) is 8.31. The smallest absolute Gasteiger partial charge is 0.218 e. The molecule has 0 radical (unpaired) electrons. The first-order chi connectivity index (χ1) is 12.6. The van der Waals surface area contributed by atoms with Gasteiger partial charge in [0, 0.05) is 12.6 Å². The van der Waals surface area contributed by atoms with Gasteiger partial charge in [0.1, 0.15) is 0 Å². The summed E-state index contributed by atoms with van der Waals surface area (Å²) >= 11 is 0. The summed E-state index contributed by atoms with van der Waals surface area (Å²) in [4.78, 5) is 7.81. The van der Waals surface area contributed by atoms with Crippen LogP contribution in [0.4, 0.5) is 0 Å². The molecule has 144 valence electrons. The van der Waals surface area contributed by atoms with E-state index in [1.54, 1.807) is 0 Å². The highest BCUT2D eigenvalue weighted by Gasteiger charge is 2.11. The second-order valence-electron chi connectivity index (χ2n) is 6.85. The molecule has 0 atom stereocenters. The Hall–Kier alpha value is -2.12. The SMILES string of the molecule is NC(N)=NC(N)=NCc1ccc(CNCCCNC2CCCCC2)cc1. The van der Waals surface area contributed by atoms with Gasteiger partial charge >= 0.3 is 0 Å². The second-order valence-corrected chi connectivity index (χ2v) is 6.85. The second kappa shape index (κ2) is 11.5. The van der Waals surface area contributed by atoms with Gasteiger partial charge < -0.3 is 27.8 Å². The van der Waals surface area contributed by atoms with E-state index in [0.29, 0.717) is 6.54 Å². The Morgan fingerprint density at radius 1 is 0.962 bits per heavy atom. The van der Waals surface area contributed by atoms with Gasteiger partial charge in [-0.15, -0.1) is 0 Å². The fourth-order valence-electron chi connectivity index (χ4n) is 3.16. The summed E-state index contributed by atoms with van der Waals surface area (Å²) in [5, 5.41) is 7.17. The molecule has 0 aliphatic heterocycles. The van der Waals surface area contributed by atoms with Crippen molar-refractivity contribution in [3.05, 3.63) is 35.4 Å². The summed E-state index contributed by atoms with van der Waals surface area (Å²) in [5.41, 5.74) is 18.4. The summed E-state index contributed by atoms with van der Waals surface area (Å²) in [6.07, 6.45) is 8.04. The molecule has 0 bridgehead atoms. The van der Waals surface area contributed by atoms with E-state index < -0.39 is 0 Å². The van der Waals surface area contributed by atoms with E-state index in [1.165, 1.54) is 37.7 Å². The zero-order chi connectivity index (χ0) is 18.6. The number of nitrogens with zero attached hydrogens (tertiary/aromatic N) is 2. The maximum atomic E-state index is 5.59. The lowest BCUT2D eigenvalue weighted by atomic mass is 9.95. The lowest BCUT2D eigenvalue weighted by molar-refractivity contribution is 0.371. The molecule has 1 saturated carbocycles. The third-order valence-corrected chi connectivity index (χ3v) is 4.59. The Labute approximate surface area is 156 Å². The molecule has 26 heavy (non-hydrogen) atoms. The van der Waals surface area contributed by atoms with Crippen LogP contribution in [-0.4, -0.2) is 31.1 Å². The van der Waals surface area contributed by atoms with Gasteiger partial charge in [0.15, 0.2) is 5.96 Å². The number of benzene rings is 1. The number of guanidine groups is 2. The first-order valence-corrected chi connectivity index (χ1v) is 9.55. The Balaban J connectivity index is 1.59. The third-order valence-electron chi connectivity index (χ3n) is 4.59. The summed E-state index contributed by atoms with van der Waals surface area (Å²) in [6.45, 7) is 3.47. The van der Waals surface area contributed by atoms with Crippen LogP contribution in [0.1, 0.15) is 49.7 Å². The molecule has 7 nitrogen and oxygen atoms in total. The van der Waals surface area contributed by atoms with Crippen LogP contribution in [0.15, 0.2) is 34.3 Å². The van der Waals surface area contributed by atoms with Crippen molar-refractivity contribution in [2.24, 2.45) is 27.2 Å². The van der Waals surface area contributed by atoms with Gasteiger partial charge in [-0.2, -0.15) is 4.99 Å². The molecule has 1 aliphatic rings. The van der Waals surface area contributed by atoms with Crippen molar-refractivity contribution in [3.63, 3.8) is 0 Å². The highest BCUT2D eigenvalue weighted by atomic mass is 15.1. The van der Waals surface area contributed by atoms with Crippen molar-refractivity contribution in [2.75, 3.05) is 13.1 Å². The minimum absolute atomic E-state index is 0.0818. The topological polar surface area (TPSA) is 127 Å². The molecule has 0 spiro atoms. The number of aliphatic imine (C=N–C) groups is 2. The maximum Gasteiger partial charge on any atom is 0.218 e. The molecule has 1 aromatic rings. The highest BCUT2D eigenvalue weighted by molar-refractivity contribution is 5.92. The molecule has 0 saturated heterocycles.